The topological polar surface area (TPSA) is 55.1 Å². The highest BCUT2D eigenvalue weighted by Gasteiger charge is 2.65. The molecule has 2 aromatic heterocycles. The number of halogens is 5. The molecule has 28 heavy (non-hydrogen) atoms. The van der Waals surface area contributed by atoms with E-state index in [0.717, 1.165) is 30.7 Å². The van der Waals surface area contributed by atoms with Gasteiger partial charge < -0.3 is 5.32 Å². The van der Waals surface area contributed by atoms with Crippen molar-refractivity contribution in [3.05, 3.63) is 47.9 Å². The van der Waals surface area contributed by atoms with E-state index in [9.17, 15) is 19.4 Å². The van der Waals surface area contributed by atoms with Crippen LogP contribution in [0, 0.1) is 0 Å². The molecule has 0 aliphatic heterocycles. The molecule has 0 saturated heterocycles. The van der Waals surface area contributed by atoms with E-state index in [1.807, 2.05) is 6.07 Å². The van der Waals surface area contributed by atoms with Gasteiger partial charge in [0.2, 0.25) is 0 Å². The number of nitrogens with one attached hydrogen (secondary N) is 1. The molecule has 2 saturated carbocycles. The molecule has 1 N–H and O–H groups in total. The number of rotatable bonds is 5. The van der Waals surface area contributed by atoms with Crippen LogP contribution >= 0.6 is 10.2 Å². The summed E-state index contributed by atoms with van der Waals surface area (Å²) in [6.45, 7) is 0. The van der Waals surface area contributed by atoms with Crippen molar-refractivity contribution >= 4 is 21.8 Å². The van der Waals surface area contributed by atoms with Gasteiger partial charge in [0.25, 0.3) is 5.78 Å². The van der Waals surface area contributed by atoms with Gasteiger partial charge in [0, 0.05) is 12.0 Å². The maximum absolute atomic E-state index is 13.0. The average molecular weight is 417 g/mol. The van der Waals surface area contributed by atoms with Crippen molar-refractivity contribution in [1.82, 2.24) is 19.6 Å². The number of nitrogens with zero attached hydrogens (tertiary/aromatic N) is 4. The summed E-state index contributed by atoms with van der Waals surface area (Å²) in [6, 6.07) is 5.05. The van der Waals surface area contributed by atoms with E-state index in [4.69, 9.17) is 0 Å². The molecule has 2 heterocycles. The molecule has 2 fully saturated rings. The minimum atomic E-state index is -9.67. The van der Waals surface area contributed by atoms with Crippen LogP contribution in [-0.4, -0.2) is 19.6 Å². The summed E-state index contributed by atoms with van der Waals surface area (Å²) in [6.07, 6.45) is 4.82. The van der Waals surface area contributed by atoms with Gasteiger partial charge in [-0.1, -0.05) is 31.6 Å². The van der Waals surface area contributed by atoms with Crippen LogP contribution in [0.4, 0.5) is 25.2 Å². The fraction of sp³-hybridized carbons (Fsp3) is 0.353. The van der Waals surface area contributed by atoms with Crippen molar-refractivity contribution in [2.24, 2.45) is 0 Å². The second-order valence-corrected chi connectivity index (χ2v) is 9.92. The van der Waals surface area contributed by atoms with Crippen LogP contribution in [0.5, 0.6) is 0 Å². The Balaban J connectivity index is 1.50. The fourth-order valence-electron chi connectivity index (χ4n) is 3.39. The van der Waals surface area contributed by atoms with Crippen molar-refractivity contribution in [3.8, 4) is 0 Å². The monoisotopic (exact) mass is 417 g/mol. The van der Waals surface area contributed by atoms with Crippen LogP contribution in [0.3, 0.4) is 0 Å². The Morgan fingerprint density at radius 3 is 2.29 bits per heavy atom. The van der Waals surface area contributed by atoms with Crippen molar-refractivity contribution in [1.29, 1.82) is 0 Å². The van der Waals surface area contributed by atoms with E-state index in [1.165, 1.54) is 10.8 Å². The van der Waals surface area contributed by atoms with Crippen molar-refractivity contribution in [3.63, 3.8) is 0 Å². The third-order valence-electron chi connectivity index (χ3n) is 5.24. The molecule has 3 aromatic rings. The maximum Gasteiger partial charge on any atom is 0.310 e. The van der Waals surface area contributed by atoms with Crippen molar-refractivity contribution in [2.45, 2.75) is 42.0 Å². The Bertz CT molecular complexity index is 1090. The zero-order chi connectivity index (χ0) is 19.8. The average Bonchev–Trinajstić information content (AvgIpc) is 3.52. The van der Waals surface area contributed by atoms with E-state index in [-0.39, 0.29) is 0 Å². The molecule has 0 atom stereocenters. The lowest BCUT2D eigenvalue weighted by atomic mass is 10.1. The Hall–Kier alpha value is -2.43. The third-order valence-corrected chi connectivity index (χ3v) is 6.40. The van der Waals surface area contributed by atoms with Gasteiger partial charge in [-0.2, -0.15) is 14.6 Å². The summed E-state index contributed by atoms with van der Waals surface area (Å²) in [5.41, 5.74) is 0.809. The molecule has 150 valence electrons. The number of aromatic nitrogens is 4. The first-order valence-electron chi connectivity index (χ1n) is 8.77. The molecule has 1 aromatic carbocycles. The van der Waals surface area contributed by atoms with Crippen LogP contribution < -0.4 is 5.32 Å². The summed E-state index contributed by atoms with van der Waals surface area (Å²) in [4.78, 5) is 6.73. The zero-order valence-corrected chi connectivity index (χ0v) is 15.3. The first-order chi connectivity index (χ1) is 12.9. The van der Waals surface area contributed by atoms with Crippen molar-refractivity contribution < 1.29 is 19.4 Å². The highest BCUT2D eigenvalue weighted by Crippen LogP contribution is 3.02. The van der Waals surface area contributed by atoms with E-state index >= 15 is 0 Å². The van der Waals surface area contributed by atoms with E-state index in [0.29, 0.717) is 48.1 Å². The van der Waals surface area contributed by atoms with Crippen LogP contribution in [0.2, 0.25) is 0 Å². The smallest absolute Gasteiger partial charge is 0.310 e. The molecule has 0 radical (unpaired) electrons. The quantitative estimate of drug-likeness (QED) is 0.536. The maximum atomic E-state index is 13.0. The Labute approximate surface area is 156 Å². The summed E-state index contributed by atoms with van der Waals surface area (Å²) in [7, 11) is -9.67. The molecule has 0 bridgehead atoms. The van der Waals surface area contributed by atoms with Crippen LogP contribution in [-0.2, 0) is 5.54 Å². The molecule has 5 nitrogen and oxygen atoms in total. The van der Waals surface area contributed by atoms with E-state index < -0.39 is 20.7 Å². The first-order valence-corrected chi connectivity index (χ1v) is 10.7. The van der Waals surface area contributed by atoms with Gasteiger partial charge >= 0.3 is 10.2 Å². The second-order valence-electron chi connectivity index (χ2n) is 7.51. The lowest BCUT2D eigenvalue weighted by Crippen LogP contribution is -2.21. The summed E-state index contributed by atoms with van der Waals surface area (Å²) in [5, 5.41) is 7.48. The molecule has 2 aliphatic rings. The highest BCUT2D eigenvalue weighted by atomic mass is 32.5. The van der Waals surface area contributed by atoms with Gasteiger partial charge in [0.05, 0.1) is 11.2 Å². The lowest BCUT2D eigenvalue weighted by molar-refractivity contribution is 0.364. The van der Waals surface area contributed by atoms with E-state index in [2.05, 4.69) is 20.4 Å². The number of fused-ring (bicyclic) bond motifs is 1. The SMILES string of the molecule is FS(F)(F)(F)(F)c1ccc(C2(Nc3cc(C4CC4)nc4ncnn34)CC2)cc1. The van der Waals surface area contributed by atoms with Gasteiger partial charge in [-0.05, 0) is 43.4 Å². The molecule has 0 amide bonds. The lowest BCUT2D eigenvalue weighted by Gasteiger charge is -2.40. The third kappa shape index (κ3) is 3.07. The number of hydrogen-bond acceptors (Lipinski definition) is 4. The Kier molecular flexibility index (Phi) is 3.00. The standard InChI is InChI=1S/C17H16F5N5S/c18-28(19,20,21,22)13-5-3-12(4-6-13)17(7-8-17)26-15-9-14(11-1-2-11)25-16-23-10-24-27(15)16/h3-6,9-11,26H,1-2,7-8H2. The Morgan fingerprint density at radius 1 is 1.04 bits per heavy atom. The second kappa shape index (κ2) is 4.76. The minimum Gasteiger partial charge on any atom is -0.360 e. The van der Waals surface area contributed by atoms with Crippen LogP contribution in [0.15, 0.2) is 41.6 Å². The van der Waals surface area contributed by atoms with Gasteiger partial charge in [-0.15, -0.1) is 0 Å². The van der Waals surface area contributed by atoms with Crippen molar-refractivity contribution in [2.75, 3.05) is 5.32 Å². The molecule has 0 unspecified atom stereocenters. The zero-order valence-electron chi connectivity index (χ0n) is 14.5. The molecular formula is C17H16F5N5S. The molecule has 0 spiro atoms. The van der Waals surface area contributed by atoms with Gasteiger partial charge in [0.15, 0.2) is 0 Å². The molecule has 2 aliphatic carbocycles. The minimum absolute atomic E-state index is 0.383. The molecule has 11 heteroatoms. The molecular weight excluding hydrogens is 401 g/mol. The predicted octanol–water partition coefficient (Wildman–Crippen LogP) is 5.76. The summed E-state index contributed by atoms with van der Waals surface area (Å²) < 4.78 is 66.3. The largest absolute Gasteiger partial charge is 0.360 e. The molecule has 5 rings (SSSR count). The highest BCUT2D eigenvalue weighted by molar-refractivity contribution is 8.45. The first kappa shape index (κ1) is 17.7. The van der Waals surface area contributed by atoms with E-state index in [1.54, 1.807) is 0 Å². The van der Waals surface area contributed by atoms with Crippen LogP contribution in [0.1, 0.15) is 42.9 Å². The predicted molar refractivity (Wildman–Crippen MR) is 95.1 cm³/mol. The van der Waals surface area contributed by atoms with Gasteiger partial charge in [-0.25, -0.2) is 4.98 Å². The van der Waals surface area contributed by atoms with Gasteiger partial charge in [0.1, 0.15) is 17.0 Å². The summed E-state index contributed by atoms with van der Waals surface area (Å²) >= 11 is 0. The number of anilines is 1. The van der Waals surface area contributed by atoms with Crippen LogP contribution in [0.25, 0.3) is 5.78 Å². The Morgan fingerprint density at radius 2 is 1.71 bits per heavy atom. The van der Waals surface area contributed by atoms with Gasteiger partial charge in [-0.3, -0.25) is 0 Å². The fourth-order valence-corrected chi connectivity index (χ4v) is 4.05. The normalized spacial score (nSPS) is 21.2. The summed E-state index contributed by atoms with van der Waals surface area (Å²) in [5.74, 6) is 1.46. The number of benzene rings is 1. The number of hydrogen-bond donors (Lipinski definition) is 1.